The molecule has 0 atom stereocenters. The van der Waals surface area contributed by atoms with E-state index in [2.05, 4.69) is 17.4 Å². The number of carboxylic acid groups (broad SMARTS) is 1. The lowest BCUT2D eigenvalue weighted by Crippen LogP contribution is -2.57. The molecule has 0 saturated heterocycles. The van der Waals surface area contributed by atoms with Crippen molar-refractivity contribution in [3.05, 3.63) is 59.7 Å². The van der Waals surface area contributed by atoms with Gasteiger partial charge < -0.3 is 20.1 Å². The summed E-state index contributed by atoms with van der Waals surface area (Å²) in [4.78, 5) is 38.1. The molecule has 2 aromatic carbocycles. The summed E-state index contributed by atoms with van der Waals surface area (Å²) in [7, 11) is 0. The van der Waals surface area contributed by atoms with Gasteiger partial charge in [-0.25, -0.2) is 4.79 Å². The van der Waals surface area contributed by atoms with Gasteiger partial charge in [-0.15, -0.1) is 0 Å². The number of fused-ring (bicyclic) bond motifs is 3. The maximum atomic E-state index is 13.0. The highest BCUT2D eigenvalue weighted by atomic mass is 16.5. The molecule has 7 heteroatoms. The Hall–Kier alpha value is -3.35. The fourth-order valence-electron chi connectivity index (χ4n) is 4.33. The third-order valence-corrected chi connectivity index (χ3v) is 6.08. The van der Waals surface area contributed by atoms with Crippen LogP contribution in [0.1, 0.15) is 43.7 Å². The molecule has 0 radical (unpaired) electrons. The first-order valence-corrected chi connectivity index (χ1v) is 10.9. The highest BCUT2D eigenvalue weighted by Gasteiger charge is 2.38. The molecule has 2 N–H and O–H groups in total. The van der Waals surface area contributed by atoms with Crippen molar-refractivity contribution in [3.8, 4) is 11.1 Å². The van der Waals surface area contributed by atoms with E-state index in [4.69, 9.17) is 4.74 Å². The van der Waals surface area contributed by atoms with Crippen molar-refractivity contribution in [1.82, 2.24) is 10.2 Å². The normalized spacial score (nSPS) is 14.9. The molecule has 2 aliphatic rings. The molecule has 2 amide bonds. The van der Waals surface area contributed by atoms with Crippen molar-refractivity contribution in [3.63, 3.8) is 0 Å². The van der Waals surface area contributed by atoms with Gasteiger partial charge in [-0.1, -0.05) is 48.5 Å². The standard InChI is InChI=1S/C25H28N2O5/c1-25(2,23(30)27(14-22(28)29)13-16-11-12-16)26-24(31)32-15-21-19-9-5-3-7-17(19)18-8-4-6-10-20(18)21/h3-10,16,21H,11-15H2,1-2H3,(H,26,31)(H,28,29). The number of hydrogen-bond donors (Lipinski definition) is 2. The molecule has 0 unspecified atom stereocenters. The summed E-state index contributed by atoms with van der Waals surface area (Å²) in [5, 5.41) is 11.8. The Bertz CT molecular complexity index is 999. The average Bonchev–Trinajstić information content (AvgIpc) is 3.51. The van der Waals surface area contributed by atoms with Crippen molar-refractivity contribution < 1.29 is 24.2 Å². The topological polar surface area (TPSA) is 95.9 Å². The molecule has 1 saturated carbocycles. The molecule has 0 aliphatic heterocycles. The van der Waals surface area contributed by atoms with Crippen molar-refractivity contribution in [2.45, 2.75) is 38.1 Å². The number of nitrogens with one attached hydrogen (secondary N) is 1. The Kier molecular flexibility index (Phi) is 5.91. The summed E-state index contributed by atoms with van der Waals surface area (Å²) < 4.78 is 5.54. The van der Waals surface area contributed by atoms with Crippen LogP contribution in [0.25, 0.3) is 11.1 Å². The van der Waals surface area contributed by atoms with Gasteiger partial charge in [0.2, 0.25) is 5.91 Å². The van der Waals surface area contributed by atoms with Crippen LogP contribution in [0.2, 0.25) is 0 Å². The van der Waals surface area contributed by atoms with Crippen LogP contribution in [0.5, 0.6) is 0 Å². The van der Waals surface area contributed by atoms with Crippen LogP contribution in [-0.4, -0.2) is 53.2 Å². The highest BCUT2D eigenvalue weighted by molar-refractivity contribution is 5.91. The molecule has 168 valence electrons. The lowest BCUT2D eigenvalue weighted by Gasteiger charge is -2.31. The number of aliphatic carboxylic acids is 1. The van der Waals surface area contributed by atoms with Crippen LogP contribution in [0.4, 0.5) is 4.79 Å². The van der Waals surface area contributed by atoms with Crippen molar-refractivity contribution in [1.29, 1.82) is 0 Å². The van der Waals surface area contributed by atoms with Crippen LogP contribution >= 0.6 is 0 Å². The van der Waals surface area contributed by atoms with Crippen LogP contribution in [-0.2, 0) is 14.3 Å². The summed E-state index contributed by atoms with van der Waals surface area (Å²) in [5.41, 5.74) is 3.20. The molecule has 32 heavy (non-hydrogen) atoms. The quantitative estimate of drug-likeness (QED) is 0.659. The van der Waals surface area contributed by atoms with Crippen LogP contribution in [0.15, 0.2) is 48.5 Å². The monoisotopic (exact) mass is 436 g/mol. The molecule has 1 fully saturated rings. The van der Waals surface area contributed by atoms with Gasteiger partial charge in [-0.3, -0.25) is 9.59 Å². The van der Waals surface area contributed by atoms with Crippen LogP contribution in [0, 0.1) is 5.92 Å². The summed E-state index contributed by atoms with van der Waals surface area (Å²) in [6.45, 7) is 3.29. The Labute approximate surface area is 187 Å². The number of carboxylic acids is 1. The van der Waals surface area contributed by atoms with E-state index in [1.54, 1.807) is 13.8 Å². The SMILES string of the molecule is CC(C)(NC(=O)OCC1c2ccccc2-c2ccccc21)C(=O)N(CC(=O)O)CC1CC1. The summed E-state index contributed by atoms with van der Waals surface area (Å²) in [6.07, 6.45) is 1.28. The van der Waals surface area contributed by atoms with E-state index in [0.717, 1.165) is 35.1 Å². The van der Waals surface area contributed by atoms with Gasteiger partial charge >= 0.3 is 12.1 Å². The second-order valence-electron chi connectivity index (χ2n) is 9.10. The molecular formula is C25H28N2O5. The minimum Gasteiger partial charge on any atom is -0.480 e. The van der Waals surface area contributed by atoms with Crippen LogP contribution < -0.4 is 5.32 Å². The molecule has 7 nitrogen and oxygen atoms in total. The zero-order chi connectivity index (χ0) is 22.9. The van der Waals surface area contributed by atoms with Gasteiger partial charge in [0, 0.05) is 12.5 Å². The first kappa shape index (κ1) is 21.9. The van der Waals surface area contributed by atoms with Gasteiger partial charge in [0.05, 0.1) is 0 Å². The van der Waals surface area contributed by atoms with Gasteiger partial charge in [0.25, 0.3) is 0 Å². The largest absolute Gasteiger partial charge is 0.480 e. The Balaban J connectivity index is 1.41. The second kappa shape index (κ2) is 8.65. The smallest absolute Gasteiger partial charge is 0.408 e. The number of hydrogen-bond acceptors (Lipinski definition) is 4. The Morgan fingerprint density at radius 2 is 1.59 bits per heavy atom. The number of amides is 2. The average molecular weight is 437 g/mol. The van der Waals surface area contributed by atoms with Gasteiger partial charge in [-0.05, 0) is 54.9 Å². The van der Waals surface area contributed by atoms with Gasteiger partial charge in [0.15, 0.2) is 0 Å². The molecule has 2 aliphatic carbocycles. The lowest BCUT2D eigenvalue weighted by atomic mass is 9.98. The van der Waals surface area contributed by atoms with E-state index in [1.807, 2.05) is 36.4 Å². The number of nitrogens with zero attached hydrogens (tertiary/aromatic N) is 1. The minimum atomic E-state index is -1.28. The third kappa shape index (κ3) is 4.61. The zero-order valence-corrected chi connectivity index (χ0v) is 18.3. The molecule has 0 bridgehead atoms. The second-order valence-corrected chi connectivity index (χ2v) is 9.10. The number of alkyl carbamates (subject to hydrolysis) is 1. The first-order chi connectivity index (χ1) is 15.3. The maximum Gasteiger partial charge on any atom is 0.408 e. The first-order valence-electron chi connectivity index (χ1n) is 10.9. The predicted molar refractivity (Wildman–Crippen MR) is 119 cm³/mol. The summed E-state index contributed by atoms with van der Waals surface area (Å²) >= 11 is 0. The molecule has 0 aromatic heterocycles. The number of benzene rings is 2. The fraction of sp³-hybridized carbons (Fsp3) is 0.400. The van der Waals surface area contributed by atoms with E-state index < -0.39 is 23.5 Å². The predicted octanol–water partition coefficient (Wildman–Crippen LogP) is 3.63. The molecule has 4 rings (SSSR count). The van der Waals surface area contributed by atoms with Gasteiger partial charge in [0.1, 0.15) is 18.7 Å². The van der Waals surface area contributed by atoms with E-state index in [9.17, 15) is 19.5 Å². The van der Waals surface area contributed by atoms with E-state index in [0.29, 0.717) is 12.5 Å². The van der Waals surface area contributed by atoms with Crippen molar-refractivity contribution in [2.24, 2.45) is 5.92 Å². The van der Waals surface area contributed by atoms with E-state index in [-0.39, 0.29) is 19.1 Å². The molecule has 2 aromatic rings. The number of carbonyl (C=O) groups is 3. The number of ether oxygens (including phenoxy) is 1. The zero-order valence-electron chi connectivity index (χ0n) is 18.3. The lowest BCUT2D eigenvalue weighted by molar-refractivity contribution is -0.147. The molecular weight excluding hydrogens is 408 g/mol. The summed E-state index contributed by atoms with van der Waals surface area (Å²) in [5.74, 6) is -1.25. The Morgan fingerprint density at radius 3 is 2.12 bits per heavy atom. The maximum absolute atomic E-state index is 13.0. The van der Waals surface area contributed by atoms with Crippen molar-refractivity contribution in [2.75, 3.05) is 19.7 Å². The Morgan fingerprint density at radius 1 is 1.03 bits per heavy atom. The number of rotatable bonds is 8. The van der Waals surface area contributed by atoms with Crippen LogP contribution in [0.3, 0.4) is 0 Å². The molecule has 0 spiro atoms. The molecule has 0 heterocycles. The van der Waals surface area contributed by atoms with E-state index in [1.165, 1.54) is 4.90 Å². The number of carbonyl (C=O) groups excluding carboxylic acids is 2. The third-order valence-electron chi connectivity index (χ3n) is 6.08. The van der Waals surface area contributed by atoms with Crippen molar-refractivity contribution >= 4 is 18.0 Å². The summed E-state index contributed by atoms with van der Waals surface area (Å²) in [6, 6.07) is 16.1. The highest BCUT2D eigenvalue weighted by Crippen LogP contribution is 2.44. The van der Waals surface area contributed by atoms with Gasteiger partial charge in [-0.2, -0.15) is 0 Å². The minimum absolute atomic E-state index is 0.0784. The fourth-order valence-corrected chi connectivity index (χ4v) is 4.33. The van der Waals surface area contributed by atoms with E-state index >= 15 is 0 Å².